The number of aliphatic carboxylic acids is 1. The van der Waals surface area contributed by atoms with Gasteiger partial charge in [0.15, 0.2) is 0 Å². The average molecular weight is 351 g/mol. The maximum absolute atomic E-state index is 12.7. The monoisotopic (exact) mass is 351 g/mol. The largest absolute Gasteiger partial charge is 0.481 e. The van der Waals surface area contributed by atoms with E-state index < -0.39 is 18.0 Å². The van der Waals surface area contributed by atoms with Crippen molar-refractivity contribution in [3.05, 3.63) is 42.0 Å². The molecule has 0 heterocycles. The van der Waals surface area contributed by atoms with Crippen molar-refractivity contribution in [2.45, 2.75) is 39.8 Å². The van der Waals surface area contributed by atoms with Gasteiger partial charge in [0, 0.05) is 18.7 Å². The van der Waals surface area contributed by atoms with Gasteiger partial charge in [0.2, 0.25) is 0 Å². The molecule has 0 bridgehead atoms. The number of benzene rings is 2. The van der Waals surface area contributed by atoms with Crippen LogP contribution in [0.5, 0.6) is 5.75 Å². The normalized spacial score (nSPS) is 11.9. The Kier molecular flexibility index (Phi) is 6.31. The lowest BCUT2D eigenvalue weighted by atomic mass is 9.82. The molecule has 2 aromatic rings. The van der Waals surface area contributed by atoms with Crippen LogP contribution in [0.1, 0.15) is 32.3 Å². The van der Waals surface area contributed by atoms with Gasteiger partial charge in [-0.25, -0.2) is 0 Å². The Bertz CT molecular complexity index is 730. The SMILES string of the molecule is CCC(CC)(CNCc1c(OC(F)F)ccc2ccccc12)C(=O)O. The Morgan fingerprint density at radius 2 is 1.88 bits per heavy atom. The summed E-state index contributed by atoms with van der Waals surface area (Å²) in [6.07, 6.45) is 0.976. The predicted molar refractivity (Wildman–Crippen MR) is 92.9 cm³/mol. The summed E-state index contributed by atoms with van der Waals surface area (Å²) in [4.78, 5) is 11.6. The van der Waals surface area contributed by atoms with Crippen molar-refractivity contribution in [2.75, 3.05) is 6.54 Å². The van der Waals surface area contributed by atoms with Gasteiger partial charge in [-0.2, -0.15) is 8.78 Å². The Morgan fingerprint density at radius 1 is 1.20 bits per heavy atom. The maximum atomic E-state index is 12.7. The molecule has 2 rings (SSSR count). The standard InChI is InChI=1S/C19H23F2NO3/c1-3-19(4-2,17(23)24)12-22-11-15-14-8-6-5-7-13(14)9-10-16(15)25-18(20)21/h5-10,18,22H,3-4,11-12H2,1-2H3,(H,23,24). The zero-order valence-corrected chi connectivity index (χ0v) is 14.4. The Balaban J connectivity index is 2.28. The average Bonchev–Trinajstić information content (AvgIpc) is 2.59. The van der Waals surface area contributed by atoms with E-state index in [0.717, 1.165) is 10.8 Å². The van der Waals surface area contributed by atoms with Crippen molar-refractivity contribution < 1.29 is 23.4 Å². The molecular weight excluding hydrogens is 328 g/mol. The number of carbonyl (C=O) groups is 1. The predicted octanol–water partition coefficient (Wildman–Crippen LogP) is 4.42. The molecule has 4 nitrogen and oxygen atoms in total. The number of alkyl halides is 2. The van der Waals surface area contributed by atoms with E-state index >= 15 is 0 Å². The summed E-state index contributed by atoms with van der Waals surface area (Å²) in [5, 5.41) is 14.3. The molecule has 25 heavy (non-hydrogen) atoms. The zero-order chi connectivity index (χ0) is 18.4. The number of carboxylic acid groups (broad SMARTS) is 1. The molecule has 0 fully saturated rings. The Labute approximate surface area is 145 Å². The van der Waals surface area contributed by atoms with Crippen LogP contribution >= 0.6 is 0 Å². The fourth-order valence-electron chi connectivity index (χ4n) is 3.01. The van der Waals surface area contributed by atoms with Gasteiger partial charge in [-0.15, -0.1) is 0 Å². The molecule has 0 spiro atoms. The molecule has 2 N–H and O–H groups in total. The van der Waals surface area contributed by atoms with Crippen LogP contribution in [0.4, 0.5) is 8.78 Å². The molecule has 136 valence electrons. The van der Waals surface area contributed by atoms with Crippen molar-refractivity contribution in [1.29, 1.82) is 0 Å². The zero-order valence-electron chi connectivity index (χ0n) is 14.4. The van der Waals surface area contributed by atoms with Crippen LogP contribution < -0.4 is 10.1 Å². The third kappa shape index (κ3) is 4.25. The van der Waals surface area contributed by atoms with Crippen molar-refractivity contribution >= 4 is 16.7 Å². The summed E-state index contributed by atoms with van der Waals surface area (Å²) in [6.45, 7) is 1.26. The minimum absolute atomic E-state index is 0.107. The van der Waals surface area contributed by atoms with E-state index in [1.807, 2.05) is 38.1 Å². The lowest BCUT2D eigenvalue weighted by Gasteiger charge is -2.27. The molecule has 0 saturated heterocycles. The molecule has 0 amide bonds. The first kappa shape index (κ1) is 19.1. The van der Waals surface area contributed by atoms with Gasteiger partial charge >= 0.3 is 12.6 Å². The lowest BCUT2D eigenvalue weighted by molar-refractivity contribution is -0.149. The highest BCUT2D eigenvalue weighted by molar-refractivity contribution is 5.87. The molecule has 0 aromatic heterocycles. The van der Waals surface area contributed by atoms with Gasteiger partial charge in [0.25, 0.3) is 0 Å². The molecule has 6 heteroatoms. The molecule has 0 radical (unpaired) electrons. The number of carboxylic acids is 1. The molecule has 0 saturated carbocycles. The van der Waals surface area contributed by atoms with E-state index in [1.165, 1.54) is 6.07 Å². The second kappa shape index (κ2) is 8.25. The van der Waals surface area contributed by atoms with Crippen molar-refractivity contribution in [2.24, 2.45) is 5.41 Å². The number of rotatable bonds is 9. The summed E-state index contributed by atoms with van der Waals surface area (Å²) >= 11 is 0. The summed E-state index contributed by atoms with van der Waals surface area (Å²) in [6, 6.07) is 10.7. The fraction of sp³-hybridized carbons (Fsp3) is 0.421. The number of fused-ring (bicyclic) bond motifs is 1. The second-order valence-corrected chi connectivity index (χ2v) is 6.04. The van der Waals surface area contributed by atoms with E-state index in [1.54, 1.807) is 6.07 Å². The van der Waals surface area contributed by atoms with Crippen LogP contribution in [-0.2, 0) is 11.3 Å². The smallest absolute Gasteiger partial charge is 0.387 e. The van der Waals surface area contributed by atoms with Gasteiger partial charge in [-0.1, -0.05) is 44.2 Å². The highest BCUT2D eigenvalue weighted by Crippen LogP contribution is 2.30. The van der Waals surface area contributed by atoms with Crippen molar-refractivity contribution in [3.63, 3.8) is 0 Å². The number of halogens is 2. The highest BCUT2D eigenvalue weighted by atomic mass is 19.3. The van der Waals surface area contributed by atoms with Gasteiger partial charge in [-0.3, -0.25) is 4.79 Å². The third-order valence-corrected chi connectivity index (χ3v) is 4.79. The van der Waals surface area contributed by atoms with Crippen molar-refractivity contribution in [3.8, 4) is 5.75 Å². The van der Waals surface area contributed by atoms with E-state index in [2.05, 4.69) is 10.1 Å². The van der Waals surface area contributed by atoms with Crippen LogP contribution in [0.25, 0.3) is 10.8 Å². The third-order valence-electron chi connectivity index (χ3n) is 4.79. The van der Waals surface area contributed by atoms with Crippen LogP contribution in [-0.4, -0.2) is 24.2 Å². The van der Waals surface area contributed by atoms with E-state index in [-0.39, 0.29) is 18.8 Å². The van der Waals surface area contributed by atoms with Crippen molar-refractivity contribution in [1.82, 2.24) is 5.32 Å². The first-order valence-corrected chi connectivity index (χ1v) is 8.33. The van der Waals surface area contributed by atoms with Gasteiger partial charge < -0.3 is 15.2 Å². The molecule has 2 aromatic carbocycles. The molecule has 0 unspecified atom stereocenters. The highest BCUT2D eigenvalue weighted by Gasteiger charge is 2.34. The molecule has 0 aliphatic carbocycles. The van der Waals surface area contributed by atoms with Gasteiger partial charge in [-0.05, 0) is 29.7 Å². The quantitative estimate of drug-likeness (QED) is 0.702. The lowest BCUT2D eigenvalue weighted by Crippen LogP contribution is -2.40. The summed E-state index contributed by atoms with van der Waals surface area (Å²) in [5.41, 5.74) is -0.265. The molecule has 0 aliphatic rings. The first-order valence-electron chi connectivity index (χ1n) is 8.33. The Hall–Kier alpha value is -2.21. The summed E-state index contributed by atoms with van der Waals surface area (Å²) in [7, 11) is 0. The van der Waals surface area contributed by atoms with Gasteiger partial charge in [0.05, 0.1) is 5.41 Å². The second-order valence-electron chi connectivity index (χ2n) is 6.04. The topological polar surface area (TPSA) is 58.6 Å². The Morgan fingerprint density at radius 3 is 2.48 bits per heavy atom. The number of hydrogen-bond donors (Lipinski definition) is 2. The summed E-state index contributed by atoms with van der Waals surface area (Å²) in [5.74, 6) is -0.748. The van der Waals surface area contributed by atoms with Crippen LogP contribution in [0.15, 0.2) is 36.4 Å². The first-order chi connectivity index (χ1) is 11.9. The maximum Gasteiger partial charge on any atom is 0.387 e. The van der Waals surface area contributed by atoms with Crippen LogP contribution in [0.3, 0.4) is 0 Å². The van der Waals surface area contributed by atoms with Crippen LogP contribution in [0, 0.1) is 5.41 Å². The molecule has 0 aliphatic heterocycles. The van der Waals surface area contributed by atoms with Gasteiger partial charge in [0.1, 0.15) is 5.75 Å². The summed E-state index contributed by atoms with van der Waals surface area (Å²) < 4.78 is 30.1. The van der Waals surface area contributed by atoms with E-state index in [4.69, 9.17) is 0 Å². The van der Waals surface area contributed by atoms with E-state index in [9.17, 15) is 18.7 Å². The number of nitrogens with one attached hydrogen (secondary N) is 1. The fourth-order valence-corrected chi connectivity index (χ4v) is 3.01. The number of hydrogen-bond acceptors (Lipinski definition) is 3. The minimum atomic E-state index is -2.91. The van der Waals surface area contributed by atoms with E-state index in [0.29, 0.717) is 18.4 Å². The molecular formula is C19H23F2NO3. The number of ether oxygens (including phenoxy) is 1. The molecule has 0 atom stereocenters. The minimum Gasteiger partial charge on any atom is -0.481 e. The van der Waals surface area contributed by atoms with Crippen LogP contribution in [0.2, 0.25) is 0 Å².